The second kappa shape index (κ2) is 45.7. The highest BCUT2D eigenvalue weighted by Crippen LogP contribution is 2.57. The summed E-state index contributed by atoms with van der Waals surface area (Å²) in [5, 5.41) is 11.8. The van der Waals surface area contributed by atoms with Gasteiger partial charge in [-0.2, -0.15) is 9.97 Å². The molecule has 5 saturated heterocycles. The Bertz CT molecular complexity index is 5640. The maximum atomic E-state index is 14.0. The van der Waals surface area contributed by atoms with Crippen molar-refractivity contribution in [2.75, 3.05) is 153 Å². The maximum absolute atomic E-state index is 14.0. The number of ether oxygens (including phenoxy) is 15. The number of nitrogen functional groups attached to an aromatic ring is 2. The van der Waals surface area contributed by atoms with Crippen LogP contribution in [0.2, 0.25) is 0 Å². The van der Waals surface area contributed by atoms with E-state index in [2.05, 4.69) is 34.9 Å². The van der Waals surface area contributed by atoms with Gasteiger partial charge in [0.15, 0.2) is 42.3 Å². The zero-order valence-electron chi connectivity index (χ0n) is 70.2. The van der Waals surface area contributed by atoms with Crippen molar-refractivity contribution >= 4 is 116 Å². The highest BCUT2D eigenvalue weighted by molar-refractivity contribution is 8.08. The number of aromatic amines is 4. The third kappa shape index (κ3) is 26.2. The molecule has 63 heteroatoms. The highest BCUT2D eigenvalue weighted by Gasteiger charge is 2.57. The zero-order valence-corrected chi connectivity index (χ0v) is 78.8. The Labute approximate surface area is 755 Å². The smallest absolute Gasteiger partial charge is 0.351 e. The minimum atomic E-state index is -5.04. The first-order valence-electron chi connectivity index (χ1n) is 38.7. The van der Waals surface area contributed by atoms with Crippen LogP contribution in [0, 0.1) is 27.7 Å². The lowest BCUT2D eigenvalue weighted by molar-refractivity contribution is -0.0840. The van der Waals surface area contributed by atoms with Crippen LogP contribution in [-0.4, -0.2) is 321 Å². The van der Waals surface area contributed by atoms with Gasteiger partial charge in [0.2, 0.25) is 5.95 Å². The van der Waals surface area contributed by atoms with Gasteiger partial charge < -0.3 is 139 Å². The topological polar surface area (TPSA) is 667 Å². The number of hydrogen-bond donors (Lipinski definition) is 12. The number of aliphatic hydroxyl groups is 1. The van der Waals surface area contributed by atoms with Gasteiger partial charge in [-0.3, -0.25) is 80.0 Å². The summed E-state index contributed by atoms with van der Waals surface area (Å²) >= 11 is 28.1. The van der Waals surface area contributed by atoms with Crippen molar-refractivity contribution in [3.05, 3.63) is 137 Å². The van der Waals surface area contributed by atoms with Gasteiger partial charge >= 0.3 is 56.4 Å². The number of aryl methyl sites for hydroxylation is 4. The lowest BCUT2D eigenvalue weighted by Crippen LogP contribution is -2.42. The molecule has 0 aliphatic carbocycles. The van der Waals surface area contributed by atoms with Crippen LogP contribution in [-0.2, 0) is 175 Å². The fraction of sp³-hybridized carbons (Fsp3) is 0.682. The first kappa shape index (κ1) is 104. The lowest BCUT2D eigenvalue weighted by atomic mass is 10.1. The van der Waals surface area contributed by atoms with Crippen LogP contribution < -0.4 is 56.5 Å². The molecule has 14 N–H and O–H groups in total. The third-order valence-corrected chi connectivity index (χ3v) is 28.1. The van der Waals surface area contributed by atoms with Crippen molar-refractivity contribution in [1.29, 1.82) is 0 Å². The number of rotatable bonds is 49. The monoisotopic (exact) mass is 2030 g/mol. The van der Waals surface area contributed by atoms with Crippen LogP contribution in [0.25, 0.3) is 11.2 Å². The summed E-state index contributed by atoms with van der Waals surface area (Å²) in [6, 6.07) is 0. The van der Waals surface area contributed by atoms with E-state index in [4.69, 9.17) is 187 Å². The molecule has 6 aromatic rings. The number of aromatic nitrogens is 12. The second-order valence-corrected chi connectivity index (χ2v) is 43.1. The number of H-pyrrole nitrogens is 4. The molecule has 10 unspecified atom stereocenters. The molecular formula is C66H99N14O39P5S5. The molecule has 0 aromatic carbocycles. The van der Waals surface area contributed by atoms with E-state index in [1.54, 1.807) is 6.92 Å². The van der Waals surface area contributed by atoms with Gasteiger partial charge in [-0.25, -0.2) is 24.2 Å². The first-order valence-corrected chi connectivity index (χ1v) is 51.7. The molecule has 0 amide bonds. The van der Waals surface area contributed by atoms with Crippen molar-refractivity contribution in [2.45, 2.75) is 150 Å². The SMILES string of the molecule is COCCOC1[C@@H](O)[C@@H](COP(O)(=S)O[C@@H]2C(OCCOC)[C@H](n3cc(C)c(=O)[nH]c3=O)O[C@@H]2COP(O)(=S)O[C@@H]2C(OCCOC)[C@H](n3cc(C)c(=O)[nH]c3=O)O[C@@H]2COP(O)(=S)O[C@@H]2C(OCCOC)[C@H](n3cnc4c(=O)[nH]c(N)nc43)O[C@@H]2COP(O)(=S)O[C@@H]2C(OCCOC)[C@H](n3cc(C)c(=O)[nH]c3=O)O[C@@H]2COP(O)(=S)OC)O[C@H]1n1cc(C)c(N)nc1=O. The molecule has 11 heterocycles. The van der Waals surface area contributed by atoms with Crippen molar-refractivity contribution in [1.82, 2.24) is 57.7 Å². The van der Waals surface area contributed by atoms with Crippen LogP contribution in [0.3, 0.4) is 0 Å². The van der Waals surface area contributed by atoms with Crippen molar-refractivity contribution < 1.29 is 146 Å². The Hall–Kier alpha value is -5.12. The summed E-state index contributed by atoms with van der Waals surface area (Å²) < 4.78 is 155. The molecule has 0 saturated carbocycles. The fourth-order valence-electron chi connectivity index (χ4n) is 13.9. The fourth-order valence-corrected chi connectivity index (χ4v) is 20.3. The van der Waals surface area contributed by atoms with Gasteiger partial charge in [-0.05, 0) is 86.7 Å². The summed E-state index contributed by atoms with van der Waals surface area (Å²) in [4.78, 5) is 189. The number of hydrogen-bond acceptors (Lipinski definition) is 44. The second-order valence-electron chi connectivity index (χ2n) is 29.0. The molecular weight excluding hydrogens is 1930 g/mol. The van der Waals surface area contributed by atoms with Gasteiger partial charge in [0, 0.05) is 89.7 Å². The number of anilines is 2. The van der Waals surface area contributed by atoms with E-state index in [1.165, 1.54) is 73.3 Å². The van der Waals surface area contributed by atoms with E-state index >= 15 is 0 Å². The summed E-state index contributed by atoms with van der Waals surface area (Å²) in [5.41, 5.74) is 4.75. The molecule has 0 spiro atoms. The highest BCUT2D eigenvalue weighted by atomic mass is 32.5. The predicted octanol–water partition coefficient (Wildman–Crippen LogP) is -3.21. The van der Waals surface area contributed by atoms with Gasteiger partial charge in [-0.1, -0.05) is 0 Å². The number of aliphatic hydroxyl groups excluding tert-OH is 1. The Morgan fingerprint density at radius 3 is 1.01 bits per heavy atom. The maximum Gasteiger partial charge on any atom is 0.351 e. The van der Waals surface area contributed by atoms with Crippen LogP contribution in [0.4, 0.5) is 11.8 Å². The first-order chi connectivity index (χ1) is 61.1. The minimum Gasteiger partial charge on any atom is -0.387 e. The van der Waals surface area contributed by atoms with Crippen molar-refractivity contribution in [2.24, 2.45) is 0 Å². The third-order valence-electron chi connectivity index (χ3n) is 20.1. The van der Waals surface area contributed by atoms with Gasteiger partial charge in [0.25, 0.3) is 22.2 Å². The number of fused-ring (bicyclic) bond motifs is 1. The van der Waals surface area contributed by atoms with Crippen LogP contribution in [0.1, 0.15) is 53.4 Å². The van der Waals surface area contributed by atoms with E-state index in [-0.39, 0.29) is 106 Å². The van der Waals surface area contributed by atoms with Gasteiger partial charge in [-0.15, -0.1) is 0 Å². The van der Waals surface area contributed by atoms with E-state index in [9.17, 15) is 67.9 Å². The molecule has 53 nitrogen and oxygen atoms in total. The Morgan fingerprint density at radius 2 is 0.674 bits per heavy atom. The Balaban J connectivity index is 0.911. The lowest BCUT2D eigenvalue weighted by Gasteiger charge is -2.31. The molecule has 5 aliphatic heterocycles. The molecule has 722 valence electrons. The Kier molecular flexibility index (Phi) is 37.0. The number of methoxy groups -OCH3 is 5. The standard InChI is InChI=1S/C66H99N14O39P5S5/c1-31-21-76(63(86)70-51(31)67)57-46(101-16-11-95-5)41(81)35(111-57)25-107-121(91,126)116-43-37(113-59(48(43)103-18-13-97-7)78-23-33(3)54(83)74-65(78)88)27-108-122(92,127)118-44-38(114-60(49(44)104-19-14-98-8)79-24-34(4)55(84)75-66(79)89)28-109-124(94,129)119-45-39(115-61(50(45)105-20-15-99-9)80-30-69-40-52(80)71-62(68)72-56(40)85)29-110-123(93,128)117-42-36(26-106-120(90,125)100-10)112-58(47(42)102-17-12-96-6)77-22-32(2)53(82)73-64(77)87/h21-24,30,35-39,41-50,57-61,81H,11-20,25-29H2,1-10H3,(H,90,125)(H,91,126)(H,92,127)(H,93,128)(H,94,129)(H2,67,70,86)(H,73,82,87)(H,74,83,88)(H,75,84,89)(H3,68,71,72,85)/t35-,36-,37-,38-,39-,41+,42+,43+,44+,45+,46?,47?,48?,49?,50?,57-,58-,59-,60-,61-,120?,121?,122?,123?,124?/m1/s1. The number of imidazole rings is 1. The number of nitrogens with zero attached hydrogens (tertiary/aromatic N) is 8. The number of nitrogens with one attached hydrogen (secondary N) is 4. The van der Waals surface area contributed by atoms with Crippen molar-refractivity contribution in [3.8, 4) is 0 Å². The summed E-state index contributed by atoms with van der Waals surface area (Å²) in [6.45, 7) is -24.1. The Morgan fingerprint density at radius 1 is 0.380 bits per heavy atom. The predicted molar refractivity (Wildman–Crippen MR) is 461 cm³/mol. The molecule has 25 atom stereocenters. The zero-order chi connectivity index (χ0) is 93.9. The van der Waals surface area contributed by atoms with E-state index in [0.29, 0.717) is 5.56 Å². The molecule has 0 bridgehead atoms. The van der Waals surface area contributed by atoms with Crippen LogP contribution in [0.15, 0.2) is 69.5 Å². The molecule has 129 heavy (non-hydrogen) atoms. The average Bonchev–Trinajstić information content (AvgIpc) is 1.61. The number of nitrogens with two attached hydrogens (primary N) is 2. The largest absolute Gasteiger partial charge is 0.387 e. The minimum absolute atomic E-state index is 0.0127. The summed E-state index contributed by atoms with van der Waals surface area (Å²) in [7, 11) is 7.86. The van der Waals surface area contributed by atoms with Gasteiger partial charge in [0.1, 0.15) is 97.4 Å². The van der Waals surface area contributed by atoms with E-state index < -0.39 is 234 Å². The van der Waals surface area contributed by atoms with Gasteiger partial charge in [0.05, 0.1) is 105 Å². The molecule has 11 rings (SSSR count). The normalized spacial score (nSPS) is 28.9. The average molecular weight is 2030 g/mol. The molecule has 6 aromatic heterocycles. The van der Waals surface area contributed by atoms with E-state index in [1.807, 2.05) is 0 Å². The quantitative estimate of drug-likeness (QED) is 0.0132. The molecule has 5 fully saturated rings. The van der Waals surface area contributed by atoms with E-state index in [0.717, 1.165) is 44.1 Å². The molecule has 5 aliphatic rings. The summed E-state index contributed by atoms with van der Waals surface area (Å²) in [6.07, 6.45) is -26.5. The van der Waals surface area contributed by atoms with Crippen LogP contribution in [0.5, 0.6) is 0 Å². The molecule has 0 radical (unpaired) electrons. The van der Waals surface area contributed by atoms with Crippen LogP contribution >= 0.6 is 33.6 Å². The van der Waals surface area contributed by atoms with Crippen molar-refractivity contribution in [3.63, 3.8) is 0 Å². The summed E-state index contributed by atoms with van der Waals surface area (Å²) in [5.74, 6) is -0.463.